The van der Waals surface area contributed by atoms with Gasteiger partial charge >= 0.3 is 0 Å². The van der Waals surface area contributed by atoms with Crippen molar-refractivity contribution in [2.45, 2.75) is 0 Å². The zero-order valence-corrected chi connectivity index (χ0v) is 27.1. The van der Waals surface area contributed by atoms with Gasteiger partial charge in [0.2, 0.25) is 0 Å². The highest BCUT2D eigenvalue weighted by Gasteiger charge is 2.17. The summed E-state index contributed by atoms with van der Waals surface area (Å²) in [6.45, 7) is 0. The van der Waals surface area contributed by atoms with E-state index in [1.165, 1.54) is 48.7 Å². The van der Waals surface area contributed by atoms with Crippen LogP contribution in [-0.4, -0.2) is 15.0 Å². The molecular formula is C47H29N3. The molecule has 0 atom stereocenters. The average molecular weight is 636 g/mol. The molecule has 0 fully saturated rings. The summed E-state index contributed by atoms with van der Waals surface area (Å²) in [5, 5.41) is 12.2. The minimum Gasteiger partial charge on any atom is -0.208 e. The number of hydrogen-bond acceptors (Lipinski definition) is 3. The molecule has 1 aromatic heterocycles. The van der Waals surface area contributed by atoms with Crippen LogP contribution in [0.15, 0.2) is 176 Å². The standard InChI is InChI=1S/C47H29N3/c1-2-13-32(14-3-1)45-48-46(50-47(49-45)43-29-34-15-5-8-18-37(34)39-20-10-11-21-40(39)43)33-24-22-31(23-25-33)44-38-19-9-6-16-35(38)28-42-36-17-7-4-12-30(36)26-27-41(42)44/h1-29H. The summed E-state index contributed by atoms with van der Waals surface area (Å²) in [4.78, 5) is 15.3. The summed E-state index contributed by atoms with van der Waals surface area (Å²) in [5.74, 6) is 1.96. The van der Waals surface area contributed by atoms with E-state index in [1.54, 1.807) is 0 Å². The number of nitrogens with zero attached hydrogens (tertiary/aromatic N) is 3. The first-order valence-corrected chi connectivity index (χ1v) is 16.9. The van der Waals surface area contributed by atoms with E-state index in [0.717, 1.165) is 33.0 Å². The molecule has 0 amide bonds. The van der Waals surface area contributed by atoms with Gasteiger partial charge in [-0.2, -0.15) is 0 Å². The van der Waals surface area contributed by atoms with Crippen LogP contribution in [0.1, 0.15) is 0 Å². The second-order valence-corrected chi connectivity index (χ2v) is 12.8. The Labute approximate surface area is 289 Å². The molecule has 3 nitrogen and oxygen atoms in total. The molecule has 0 saturated heterocycles. The van der Waals surface area contributed by atoms with E-state index in [2.05, 4.69) is 158 Å². The summed E-state index contributed by atoms with van der Waals surface area (Å²) < 4.78 is 0. The third-order valence-corrected chi connectivity index (χ3v) is 9.88. The number of aromatic nitrogens is 3. The molecule has 232 valence electrons. The third kappa shape index (κ3) is 4.63. The number of rotatable bonds is 4. The summed E-state index contributed by atoms with van der Waals surface area (Å²) >= 11 is 0. The van der Waals surface area contributed by atoms with E-state index in [1.807, 2.05) is 18.2 Å². The van der Waals surface area contributed by atoms with Gasteiger partial charge < -0.3 is 0 Å². The highest BCUT2D eigenvalue weighted by molar-refractivity contribution is 6.20. The molecular weight excluding hydrogens is 607 g/mol. The molecule has 0 aliphatic heterocycles. The molecule has 0 N–H and O–H groups in total. The number of benzene rings is 9. The van der Waals surface area contributed by atoms with Gasteiger partial charge in [-0.15, -0.1) is 0 Å². The Morgan fingerprint density at radius 1 is 0.260 bits per heavy atom. The number of fused-ring (bicyclic) bond motifs is 7. The van der Waals surface area contributed by atoms with Gasteiger partial charge in [0.1, 0.15) is 0 Å². The van der Waals surface area contributed by atoms with E-state index in [0.29, 0.717) is 17.5 Å². The largest absolute Gasteiger partial charge is 0.208 e. The first-order chi connectivity index (χ1) is 24.8. The van der Waals surface area contributed by atoms with Crippen molar-refractivity contribution in [3.05, 3.63) is 176 Å². The van der Waals surface area contributed by atoms with Gasteiger partial charge in [0, 0.05) is 16.7 Å². The van der Waals surface area contributed by atoms with Gasteiger partial charge in [0.15, 0.2) is 17.5 Å². The van der Waals surface area contributed by atoms with Gasteiger partial charge in [-0.1, -0.05) is 164 Å². The summed E-state index contributed by atoms with van der Waals surface area (Å²) in [6.07, 6.45) is 0. The lowest BCUT2D eigenvalue weighted by Crippen LogP contribution is -2.00. The van der Waals surface area contributed by atoms with Crippen LogP contribution in [-0.2, 0) is 0 Å². The van der Waals surface area contributed by atoms with E-state index in [4.69, 9.17) is 15.0 Å². The minimum atomic E-state index is 0.645. The van der Waals surface area contributed by atoms with Crippen molar-refractivity contribution in [2.24, 2.45) is 0 Å². The predicted molar refractivity (Wildman–Crippen MR) is 209 cm³/mol. The molecule has 9 aromatic carbocycles. The Kier molecular flexibility index (Phi) is 6.49. The molecule has 1 heterocycles. The van der Waals surface area contributed by atoms with Crippen molar-refractivity contribution in [1.29, 1.82) is 0 Å². The fraction of sp³-hybridized carbons (Fsp3) is 0. The van der Waals surface area contributed by atoms with E-state index >= 15 is 0 Å². The van der Waals surface area contributed by atoms with Gasteiger partial charge in [-0.25, -0.2) is 15.0 Å². The fourth-order valence-corrected chi connectivity index (χ4v) is 7.50. The van der Waals surface area contributed by atoms with Gasteiger partial charge in [0.05, 0.1) is 0 Å². The molecule has 0 spiro atoms. The monoisotopic (exact) mass is 635 g/mol. The quantitative estimate of drug-likeness (QED) is 0.143. The lowest BCUT2D eigenvalue weighted by Gasteiger charge is -2.15. The molecule has 50 heavy (non-hydrogen) atoms. The molecule has 0 radical (unpaired) electrons. The zero-order valence-electron chi connectivity index (χ0n) is 27.1. The molecule has 10 aromatic rings. The maximum atomic E-state index is 5.17. The molecule has 10 rings (SSSR count). The van der Waals surface area contributed by atoms with Crippen LogP contribution in [0.5, 0.6) is 0 Å². The normalized spacial score (nSPS) is 11.6. The van der Waals surface area contributed by atoms with Crippen molar-refractivity contribution in [1.82, 2.24) is 15.0 Å². The van der Waals surface area contributed by atoms with Crippen molar-refractivity contribution < 1.29 is 0 Å². The smallest absolute Gasteiger partial charge is 0.164 e. The third-order valence-electron chi connectivity index (χ3n) is 9.88. The maximum Gasteiger partial charge on any atom is 0.164 e. The Morgan fingerprint density at radius 3 is 1.48 bits per heavy atom. The summed E-state index contributed by atoms with van der Waals surface area (Å²) in [5.41, 5.74) is 5.28. The Bertz CT molecular complexity index is 2910. The lowest BCUT2D eigenvalue weighted by molar-refractivity contribution is 1.08. The second-order valence-electron chi connectivity index (χ2n) is 12.8. The topological polar surface area (TPSA) is 38.7 Å². The zero-order chi connectivity index (χ0) is 33.0. The summed E-state index contributed by atoms with van der Waals surface area (Å²) in [6, 6.07) is 62.3. The summed E-state index contributed by atoms with van der Waals surface area (Å²) in [7, 11) is 0. The van der Waals surface area contributed by atoms with Crippen molar-refractivity contribution in [3.8, 4) is 45.3 Å². The van der Waals surface area contributed by atoms with Crippen molar-refractivity contribution in [3.63, 3.8) is 0 Å². The fourth-order valence-electron chi connectivity index (χ4n) is 7.50. The van der Waals surface area contributed by atoms with Crippen molar-refractivity contribution >= 4 is 53.9 Å². The van der Waals surface area contributed by atoms with Crippen molar-refractivity contribution in [2.75, 3.05) is 0 Å². The first kappa shape index (κ1) is 28.3. The first-order valence-electron chi connectivity index (χ1n) is 16.9. The van der Waals surface area contributed by atoms with E-state index in [-0.39, 0.29) is 0 Å². The highest BCUT2D eigenvalue weighted by Crippen LogP contribution is 2.40. The molecule has 3 heteroatoms. The molecule has 0 aliphatic carbocycles. The molecule has 0 unspecified atom stereocenters. The second kappa shape index (κ2) is 11.5. The van der Waals surface area contributed by atoms with Gasteiger partial charge in [-0.05, 0) is 77.1 Å². The van der Waals surface area contributed by atoms with Crippen LogP contribution in [0.3, 0.4) is 0 Å². The highest BCUT2D eigenvalue weighted by atomic mass is 15.0. The van der Waals surface area contributed by atoms with Crippen LogP contribution in [0.4, 0.5) is 0 Å². The Balaban J connectivity index is 1.17. The Hall–Kier alpha value is -6.71. The molecule has 0 bridgehead atoms. The average Bonchev–Trinajstić information content (AvgIpc) is 3.20. The number of hydrogen-bond donors (Lipinski definition) is 0. The van der Waals surface area contributed by atoms with Gasteiger partial charge in [0.25, 0.3) is 0 Å². The lowest BCUT2D eigenvalue weighted by atomic mass is 9.89. The van der Waals surface area contributed by atoms with Crippen LogP contribution in [0.2, 0.25) is 0 Å². The Morgan fingerprint density at radius 2 is 0.760 bits per heavy atom. The van der Waals surface area contributed by atoms with Crippen LogP contribution >= 0.6 is 0 Å². The van der Waals surface area contributed by atoms with Crippen LogP contribution < -0.4 is 0 Å². The molecule has 0 saturated carbocycles. The SMILES string of the molecule is c1ccc(-c2nc(-c3ccc(-c4c5ccccc5cc5c4ccc4ccccc45)cc3)nc(-c3cc4ccccc4c4ccccc34)n2)cc1. The minimum absolute atomic E-state index is 0.645. The van der Waals surface area contributed by atoms with Crippen LogP contribution in [0.25, 0.3) is 99.2 Å². The van der Waals surface area contributed by atoms with Gasteiger partial charge in [-0.3, -0.25) is 0 Å². The molecule has 0 aliphatic rings. The van der Waals surface area contributed by atoms with E-state index < -0.39 is 0 Å². The maximum absolute atomic E-state index is 5.17. The van der Waals surface area contributed by atoms with E-state index in [9.17, 15) is 0 Å². The predicted octanol–water partition coefficient (Wildman–Crippen LogP) is 12.3. The van der Waals surface area contributed by atoms with Crippen LogP contribution in [0, 0.1) is 0 Å².